The Labute approximate surface area is 169 Å². The molecule has 2 aromatic carbocycles. The van der Waals surface area contributed by atoms with Gasteiger partial charge in [-0.1, -0.05) is 0 Å². The van der Waals surface area contributed by atoms with Gasteiger partial charge in [0.05, 0.1) is 40.5 Å². The van der Waals surface area contributed by atoms with Crippen molar-refractivity contribution in [3.63, 3.8) is 0 Å². The highest BCUT2D eigenvalue weighted by molar-refractivity contribution is 5.67. The Bertz CT molecular complexity index is 1080. The van der Waals surface area contributed by atoms with Crippen molar-refractivity contribution in [2.45, 2.75) is 25.5 Å². The van der Waals surface area contributed by atoms with E-state index in [1.807, 2.05) is 0 Å². The number of halogens is 9. The molecule has 0 N–H and O–H groups in total. The first-order valence-corrected chi connectivity index (χ1v) is 8.46. The number of rotatable bonds is 2. The van der Waals surface area contributed by atoms with Crippen molar-refractivity contribution < 1.29 is 39.5 Å². The lowest BCUT2D eigenvalue weighted by atomic mass is 10.0. The summed E-state index contributed by atoms with van der Waals surface area (Å²) in [6, 6.07) is 3.92. The summed E-state index contributed by atoms with van der Waals surface area (Å²) >= 11 is 0. The van der Waals surface area contributed by atoms with Crippen molar-refractivity contribution in [3.8, 4) is 22.5 Å². The Balaban J connectivity index is 2.16. The van der Waals surface area contributed by atoms with Crippen molar-refractivity contribution in [2.24, 2.45) is 0 Å². The van der Waals surface area contributed by atoms with E-state index in [1.54, 1.807) is 0 Å². The highest BCUT2D eigenvalue weighted by atomic mass is 19.4. The highest BCUT2D eigenvalue weighted by Gasteiger charge is 2.37. The standard InChI is InChI=1S/C20H11F9N2/c1-10-2-11(4-13(3-10)18(21,22)23)16-8-30-9-17(31-16)12-5-14(19(24,25)26)7-15(6-12)20(27,28)29/h2-9H,1H3. The van der Waals surface area contributed by atoms with Crippen molar-refractivity contribution in [2.75, 3.05) is 0 Å². The summed E-state index contributed by atoms with van der Waals surface area (Å²) in [4.78, 5) is 7.70. The van der Waals surface area contributed by atoms with Gasteiger partial charge >= 0.3 is 18.5 Å². The lowest BCUT2D eigenvalue weighted by Gasteiger charge is -2.14. The van der Waals surface area contributed by atoms with Gasteiger partial charge in [0.25, 0.3) is 0 Å². The average Bonchev–Trinajstić information content (AvgIpc) is 2.65. The summed E-state index contributed by atoms with van der Waals surface area (Å²) in [6.45, 7) is 1.40. The highest BCUT2D eigenvalue weighted by Crippen LogP contribution is 2.39. The Morgan fingerprint density at radius 2 is 0.935 bits per heavy atom. The number of aromatic nitrogens is 2. The second kappa shape index (κ2) is 7.54. The van der Waals surface area contributed by atoms with Crippen LogP contribution in [0.2, 0.25) is 0 Å². The van der Waals surface area contributed by atoms with Crippen LogP contribution in [0.3, 0.4) is 0 Å². The van der Waals surface area contributed by atoms with Gasteiger partial charge < -0.3 is 0 Å². The topological polar surface area (TPSA) is 25.8 Å². The molecule has 1 heterocycles. The summed E-state index contributed by atoms with van der Waals surface area (Å²) in [7, 11) is 0. The van der Waals surface area contributed by atoms with Crippen LogP contribution in [0.1, 0.15) is 22.3 Å². The smallest absolute Gasteiger partial charge is 0.260 e. The fourth-order valence-electron chi connectivity index (χ4n) is 2.84. The predicted octanol–water partition coefficient (Wildman–Crippen LogP) is 7.18. The lowest BCUT2D eigenvalue weighted by molar-refractivity contribution is -0.143. The minimum absolute atomic E-state index is 0.0308. The normalized spacial score (nSPS) is 12.8. The molecule has 0 aliphatic heterocycles. The number of hydrogen-bond donors (Lipinski definition) is 0. The molecule has 0 spiro atoms. The maximum atomic E-state index is 13.1. The summed E-state index contributed by atoms with van der Waals surface area (Å²) in [5, 5.41) is 0. The van der Waals surface area contributed by atoms with E-state index in [0.717, 1.165) is 24.5 Å². The molecule has 1 aromatic heterocycles. The van der Waals surface area contributed by atoms with E-state index in [0.29, 0.717) is 12.1 Å². The van der Waals surface area contributed by atoms with Gasteiger partial charge in [-0.2, -0.15) is 39.5 Å². The van der Waals surface area contributed by atoms with Gasteiger partial charge in [-0.15, -0.1) is 0 Å². The fourth-order valence-corrected chi connectivity index (χ4v) is 2.84. The average molecular weight is 450 g/mol. The number of nitrogens with zero attached hydrogens (tertiary/aromatic N) is 2. The zero-order valence-electron chi connectivity index (χ0n) is 15.4. The molecule has 0 unspecified atom stereocenters. The SMILES string of the molecule is Cc1cc(-c2cncc(-c3cc(C(F)(F)F)cc(C(F)(F)F)c3)n2)cc(C(F)(F)F)c1. The maximum Gasteiger partial charge on any atom is 0.416 e. The molecule has 0 atom stereocenters. The van der Waals surface area contributed by atoms with Crippen molar-refractivity contribution in [1.29, 1.82) is 0 Å². The first-order valence-electron chi connectivity index (χ1n) is 8.46. The van der Waals surface area contributed by atoms with Gasteiger partial charge in [-0.3, -0.25) is 4.98 Å². The van der Waals surface area contributed by atoms with Crippen LogP contribution in [-0.2, 0) is 18.5 Å². The van der Waals surface area contributed by atoms with E-state index in [4.69, 9.17) is 0 Å². The fraction of sp³-hybridized carbons (Fsp3) is 0.200. The van der Waals surface area contributed by atoms with Crippen LogP contribution in [0.5, 0.6) is 0 Å². The summed E-state index contributed by atoms with van der Waals surface area (Å²) in [5.41, 5.74) is -4.89. The van der Waals surface area contributed by atoms with Crippen LogP contribution in [0.15, 0.2) is 48.8 Å². The molecule has 0 saturated carbocycles. The van der Waals surface area contributed by atoms with Crippen LogP contribution < -0.4 is 0 Å². The third kappa shape index (κ3) is 5.15. The number of hydrogen-bond acceptors (Lipinski definition) is 2. The number of benzene rings is 2. The molecule has 0 aliphatic rings. The van der Waals surface area contributed by atoms with E-state index >= 15 is 0 Å². The molecular weight excluding hydrogens is 439 g/mol. The maximum absolute atomic E-state index is 13.1. The van der Waals surface area contributed by atoms with Gasteiger partial charge in [-0.05, 0) is 48.9 Å². The molecule has 0 radical (unpaired) electrons. The third-order valence-electron chi connectivity index (χ3n) is 4.22. The predicted molar refractivity (Wildman–Crippen MR) is 92.6 cm³/mol. The molecule has 0 fully saturated rings. The molecule has 11 heteroatoms. The summed E-state index contributed by atoms with van der Waals surface area (Å²) in [6.07, 6.45) is -12.8. The second-order valence-electron chi connectivity index (χ2n) is 6.67. The molecule has 0 saturated heterocycles. The molecule has 0 bridgehead atoms. The van der Waals surface area contributed by atoms with Gasteiger partial charge in [0.1, 0.15) is 0 Å². The number of alkyl halides is 9. The minimum atomic E-state index is -5.06. The Morgan fingerprint density at radius 3 is 1.35 bits per heavy atom. The molecule has 164 valence electrons. The van der Waals surface area contributed by atoms with E-state index < -0.39 is 40.8 Å². The van der Waals surface area contributed by atoms with Crippen LogP contribution in [0, 0.1) is 6.92 Å². The van der Waals surface area contributed by atoms with Crippen LogP contribution in [0.25, 0.3) is 22.5 Å². The minimum Gasteiger partial charge on any atom is -0.260 e. The zero-order chi connectivity index (χ0) is 23.2. The van der Waals surface area contributed by atoms with Gasteiger partial charge in [0.2, 0.25) is 0 Å². The van der Waals surface area contributed by atoms with Gasteiger partial charge in [0.15, 0.2) is 0 Å². The summed E-state index contributed by atoms with van der Waals surface area (Å²) < 4.78 is 118. The van der Waals surface area contributed by atoms with Crippen LogP contribution >= 0.6 is 0 Å². The van der Waals surface area contributed by atoms with Crippen LogP contribution in [-0.4, -0.2) is 9.97 Å². The van der Waals surface area contributed by atoms with E-state index in [-0.39, 0.29) is 28.6 Å². The lowest BCUT2D eigenvalue weighted by Crippen LogP contribution is -2.11. The molecule has 0 amide bonds. The van der Waals surface area contributed by atoms with Gasteiger partial charge in [-0.25, -0.2) is 4.98 Å². The Hall–Kier alpha value is -3.11. The van der Waals surface area contributed by atoms with Crippen molar-refractivity contribution in [3.05, 3.63) is 71.0 Å². The molecule has 0 aliphatic carbocycles. The van der Waals surface area contributed by atoms with Crippen molar-refractivity contribution in [1.82, 2.24) is 9.97 Å². The van der Waals surface area contributed by atoms with E-state index in [1.165, 1.54) is 13.0 Å². The van der Waals surface area contributed by atoms with E-state index in [2.05, 4.69) is 9.97 Å². The monoisotopic (exact) mass is 450 g/mol. The molecule has 31 heavy (non-hydrogen) atoms. The zero-order valence-corrected chi connectivity index (χ0v) is 15.4. The number of aryl methyl sites for hydroxylation is 1. The summed E-state index contributed by atoms with van der Waals surface area (Å²) in [5.74, 6) is 0. The van der Waals surface area contributed by atoms with Crippen molar-refractivity contribution >= 4 is 0 Å². The first kappa shape index (κ1) is 22.6. The first-order chi connectivity index (χ1) is 14.1. The molecule has 3 aromatic rings. The van der Waals surface area contributed by atoms with E-state index in [9.17, 15) is 39.5 Å². The largest absolute Gasteiger partial charge is 0.416 e. The third-order valence-corrected chi connectivity index (χ3v) is 4.22. The molecular formula is C20H11F9N2. The Morgan fingerprint density at radius 1 is 0.548 bits per heavy atom. The van der Waals surface area contributed by atoms with Crippen LogP contribution in [0.4, 0.5) is 39.5 Å². The second-order valence-corrected chi connectivity index (χ2v) is 6.67. The molecule has 2 nitrogen and oxygen atoms in total. The van der Waals surface area contributed by atoms with Gasteiger partial charge in [0, 0.05) is 11.1 Å². The Kier molecular flexibility index (Phi) is 5.49. The quantitative estimate of drug-likeness (QED) is 0.387. The molecule has 3 rings (SSSR count).